The lowest BCUT2D eigenvalue weighted by Gasteiger charge is -2.09. The molecule has 0 aromatic heterocycles. The molecule has 0 spiro atoms. The van der Waals surface area contributed by atoms with Crippen LogP contribution in [-0.2, 0) is 4.79 Å². The summed E-state index contributed by atoms with van der Waals surface area (Å²) >= 11 is 9.24. The number of carbonyl (C=O) groups excluding carboxylic acids is 2. The summed E-state index contributed by atoms with van der Waals surface area (Å²) in [5.74, 6) is 0.350. The van der Waals surface area contributed by atoms with E-state index in [9.17, 15) is 9.59 Å². The molecule has 0 radical (unpaired) electrons. The maximum absolute atomic E-state index is 12.4. The van der Waals surface area contributed by atoms with E-state index in [0.29, 0.717) is 27.8 Å². The van der Waals surface area contributed by atoms with Gasteiger partial charge in [-0.15, -0.1) is 0 Å². The van der Waals surface area contributed by atoms with Gasteiger partial charge in [0.2, 0.25) is 0 Å². The zero-order chi connectivity index (χ0) is 23.8. The van der Waals surface area contributed by atoms with Gasteiger partial charge in [-0.1, -0.05) is 53.5 Å². The number of ether oxygens (including phenoxy) is 2. The molecule has 3 aromatic carbocycles. The summed E-state index contributed by atoms with van der Waals surface area (Å²) in [7, 11) is 0. The van der Waals surface area contributed by atoms with Crippen LogP contribution in [0.4, 0.5) is 0 Å². The van der Waals surface area contributed by atoms with Gasteiger partial charge < -0.3 is 9.47 Å². The van der Waals surface area contributed by atoms with Gasteiger partial charge in [0.1, 0.15) is 11.5 Å². The van der Waals surface area contributed by atoms with Gasteiger partial charge in [0.25, 0.3) is 5.91 Å². The zero-order valence-electron chi connectivity index (χ0n) is 18.0. The minimum atomic E-state index is -0.537. The maximum Gasteiger partial charge on any atom is 0.343 e. The number of esters is 1. The molecule has 170 valence electrons. The van der Waals surface area contributed by atoms with E-state index < -0.39 is 11.9 Å². The number of carbonyl (C=O) groups is 2. The molecular weight excluding hydrogens is 508 g/mol. The molecule has 3 aromatic rings. The minimum Gasteiger partial charge on any atom is -0.484 e. The van der Waals surface area contributed by atoms with Gasteiger partial charge in [0.05, 0.1) is 11.8 Å². The van der Waals surface area contributed by atoms with Crippen LogP contribution >= 0.6 is 27.5 Å². The van der Waals surface area contributed by atoms with Crippen molar-refractivity contribution in [3.63, 3.8) is 0 Å². The smallest absolute Gasteiger partial charge is 0.343 e. The van der Waals surface area contributed by atoms with E-state index >= 15 is 0 Å². The third kappa shape index (κ3) is 7.44. The molecule has 6 nitrogen and oxygen atoms in total. The molecule has 1 amide bonds. The summed E-state index contributed by atoms with van der Waals surface area (Å²) in [5.41, 5.74) is 4.45. The van der Waals surface area contributed by atoms with E-state index in [1.54, 1.807) is 42.5 Å². The van der Waals surface area contributed by atoms with Crippen molar-refractivity contribution < 1.29 is 19.1 Å². The standard InChI is InChI=1S/C25H22BrClN2O4/c1-16(2)17-5-10-22(11-6-17)32-15-24(30)29-28-14-19-13-20(26)7-12-23(19)33-25(31)18-3-8-21(27)9-4-18/h3-14,16H,15H2,1-2H3,(H,29,30)/b28-14-. The fraction of sp³-hybridized carbons (Fsp3) is 0.160. The van der Waals surface area contributed by atoms with Crippen molar-refractivity contribution in [1.82, 2.24) is 5.43 Å². The number of hydrazone groups is 1. The predicted molar refractivity (Wildman–Crippen MR) is 132 cm³/mol. The normalized spacial score (nSPS) is 10.9. The Morgan fingerprint density at radius 1 is 1.06 bits per heavy atom. The largest absolute Gasteiger partial charge is 0.484 e. The van der Waals surface area contributed by atoms with Gasteiger partial charge in [-0.3, -0.25) is 4.79 Å². The van der Waals surface area contributed by atoms with Crippen LogP contribution in [0.1, 0.15) is 41.3 Å². The molecule has 0 heterocycles. The van der Waals surface area contributed by atoms with Crippen LogP contribution < -0.4 is 14.9 Å². The molecule has 0 saturated carbocycles. The molecule has 0 bridgehead atoms. The number of nitrogens with one attached hydrogen (secondary N) is 1. The summed E-state index contributed by atoms with van der Waals surface area (Å²) in [6.07, 6.45) is 1.39. The van der Waals surface area contributed by atoms with Crippen LogP contribution in [0.5, 0.6) is 11.5 Å². The molecule has 0 saturated heterocycles. The van der Waals surface area contributed by atoms with Crippen molar-refractivity contribution in [2.75, 3.05) is 6.61 Å². The van der Waals surface area contributed by atoms with E-state index in [-0.39, 0.29) is 12.4 Å². The van der Waals surface area contributed by atoms with Crippen molar-refractivity contribution in [2.45, 2.75) is 19.8 Å². The monoisotopic (exact) mass is 528 g/mol. The average molecular weight is 530 g/mol. The SMILES string of the molecule is CC(C)c1ccc(OCC(=O)N/N=C\c2cc(Br)ccc2OC(=O)c2ccc(Cl)cc2)cc1. The molecule has 1 N–H and O–H groups in total. The van der Waals surface area contributed by atoms with Gasteiger partial charge >= 0.3 is 5.97 Å². The highest BCUT2D eigenvalue weighted by Crippen LogP contribution is 2.23. The van der Waals surface area contributed by atoms with Gasteiger partial charge in [0, 0.05) is 15.1 Å². The lowest BCUT2D eigenvalue weighted by Crippen LogP contribution is -2.24. The number of amides is 1. The fourth-order valence-electron chi connectivity index (χ4n) is 2.76. The first-order valence-electron chi connectivity index (χ1n) is 10.1. The predicted octanol–water partition coefficient (Wildman–Crippen LogP) is 5.97. The third-order valence-electron chi connectivity index (χ3n) is 4.56. The fourth-order valence-corrected chi connectivity index (χ4v) is 3.27. The summed E-state index contributed by atoms with van der Waals surface area (Å²) in [5, 5.41) is 4.47. The van der Waals surface area contributed by atoms with Crippen molar-refractivity contribution in [1.29, 1.82) is 0 Å². The van der Waals surface area contributed by atoms with Crippen molar-refractivity contribution >= 4 is 45.6 Å². The first-order valence-corrected chi connectivity index (χ1v) is 11.3. The molecule has 33 heavy (non-hydrogen) atoms. The topological polar surface area (TPSA) is 77.0 Å². The molecule has 0 aliphatic carbocycles. The van der Waals surface area contributed by atoms with E-state index in [1.807, 2.05) is 24.3 Å². The van der Waals surface area contributed by atoms with E-state index in [2.05, 4.69) is 40.3 Å². The molecule has 0 aliphatic heterocycles. The Kier molecular flexibility index (Phi) is 8.63. The maximum atomic E-state index is 12.4. The average Bonchev–Trinajstić information content (AvgIpc) is 2.80. The second-order valence-electron chi connectivity index (χ2n) is 7.38. The zero-order valence-corrected chi connectivity index (χ0v) is 20.4. The van der Waals surface area contributed by atoms with Crippen LogP contribution in [0.25, 0.3) is 0 Å². The highest BCUT2D eigenvalue weighted by molar-refractivity contribution is 9.10. The quantitative estimate of drug-likeness (QED) is 0.169. The third-order valence-corrected chi connectivity index (χ3v) is 5.31. The Morgan fingerprint density at radius 3 is 2.42 bits per heavy atom. The first-order chi connectivity index (χ1) is 15.8. The number of benzene rings is 3. The van der Waals surface area contributed by atoms with Gasteiger partial charge in [-0.2, -0.15) is 5.10 Å². The van der Waals surface area contributed by atoms with Crippen LogP contribution in [0.3, 0.4) is 0 Å². The molecule has 0 atom stereocenters. The van der Waals surface area contributed by atoms with Crippen LogP contribution in [0, 0.1) is 0 Å². The number of halogens is 2. The van der Waals surface area contributed by atoms with Crippen LogP contribution in [0.2, 0.25) is 5.02 Å². The molecule has 0 unspecified atom stereocenters. The van der Waals surface area contributed by atoms with Crippen molar-refractivity contribution in [3.05, 3.63) is 92.9 Å². The minimum absolute atomic E-state index is 0.185. The Hall–Kier alpha value is -3.16. The summed E-state index contributed by atoms with van der Waals surface area (Å²) in [6, 6.07) is 19.0. The number of hydrogen-bond acceptors (Lipinski definition) is 5. The lowest BCUT2D eigenvalue weighted by atomic mass is 10.0. The summed E-state index contributed by atoms with van der Waals surface area (Å²) in [4.78, 5) is 24.5. The molecule has 0 fully saturated rings. The van der Waals surface area contributed by atoms with Crippen LogP contribution in [0.15, 0.2) is 76.3 Å². The van der Waals surface area contributed by atoms with Crippen LogP contribution in [-0.4, -0.2) is 24.7 Å². The van der Waals surface area contributed by atoms with Gasteiger partial charge in [0.15, 0.2) is 6.61 Å². The van der Waals surface area contributed by atoms with Crippen molar-refractivity contribution in [2.24, 2.45) is 5.10 Å². The number of hydrogen-bond donors (Lipinski definition) is 1. The van der Waals surface area contributed by atoms with Gasteiger partial charge in [-0.05, 0) is 66.1 Å². The number of nitrogens with zero attached hydrogens (tertiary/aromatic N) is 1. The Labute approximate surface area is 205 Å². The molecule has 8 heteroatoms. The second-order valence-corrected chi connectivity index (χ2v) is 8.74. The summed E-state index contributed by atoms with van der Waals surface area (Å²) < 4.78 is 11.7. The van der Waals surface area contributed by atoms with Gasteiger partial charge in [-0.25, -0.2) is 10.2 Å². The van der Waals surface area contributed by atoms with E-state index in [0.717, 1.165) is 4.47 Å². The lowest BCUT2D eigenvalue weighted by molar-refractivity contribution is -0.123. The van der Waals surface area contributed by atoms with Crippen molar-refractivity contribution in [3.8, 4) is 11.5 Å². The highest BCUT2D eigenvalue weighted by Gasteiger charge is 2.12. The Balaban J connectivity index is 1.58. The first kappa shape index (κ1) is 24.5. The number of rotatable bonds is 8. The van der Waals surface area contributed by atoms with E-state index in [4.69, 9.17) is 21.1 Å². The Bertz CT molecular complexity index is 1150. The Morgan fingerprint density at radius 2 is 1.76 bits per heavy atom. The summed E-state index contributed by atoms with van der Waals surface area (Å²) in [6.45, 7) is 4.03. The molecular formula is C25H22BrClN2O4. The van der Waals surface area contributed by atoms with E-state index in [1.165, 1.54) is 11.8 Å². The highest BCUT2D eigenvalue weighted by atomic mass is 79.9. The molecule has 0 aliphatic rings. The molecule has 3 rings (SSSR count). The second kappa shape index (κ2) is 11.6.